The van der Waals surface area contributed by atoms with E-state index in [1.165, 1.54) is 10.6 Å². The lowest BCUT2D eigenvalue weighted by atomic mass is 10.1. The third kappa shape index (κ3) is 6.78. The molecule has 0 heterocycles. The Morgan fingerprint density at radius 3 is 2.21 bits per heavy atom. The Hall–Kier alpha value is -2.54. The van der Waals surface area contributed by atoms with Gasteiger partial charge in [-0.15, -0.1) is 0 Å². The molecule has 1 N–H and O–H groups in total. The molecule has 0 saturated carbocycles. The van der Waals surface area contributed by atoms with Crippen LogP contribution in [0.4, 0.5) is 5.69 Å². The van der Waals surface area contributed by atoms with E-state index in [0.717, 1.165) is 22.4 Å². The Balaban J connectivity index is 1.95. The third-order valence-electron chi connectivity index (χ3n) is 4.65. The van der Waals surface area contributed by atoms with Gasteiger partial charge in [0.2, 0.25) is 15.9 Å². The molecule has 6 nitrogen and oxygen atoms in total. The van der Waals surface area contributed by atoms with Crippen molar-refractivity contribution in [3.63, 3.8) is 0 Å². The van der Waals surface area contributed by atoms with Crippen LogP contribution >= 0.6 is 0 Å². The summed E-state index contributed by atoms with van der Waals surface area (Å²) in [7, 11) is -1.82. The van der Waals surface area contributed by atoms with Crippen LogP contribution in [0.1, 0.15) is 42.5 Å². The minimum atomic E-state index is -3.43. The lowest BCUT2D eigenvalue weighted by molar-refractivity contribution is -0.121. The van der Waals surface area contributed by atoms with Crippen molar-refractivity contribution in [2.45, 2.75) is 39.7 Å². The number of aryl methyl sites for hydroxylation is 2. The van der Waals surface area contributed by atoms with Gasteiger partial charge in [-0.25, -0.2) is 8.42 Å². The molecule has 2 aromatic rings. The highest BCUT2D eigenvalue weighted by atomic mass is 32.2. The molecule has 0 aliphatic rings. The molecule has 29 heavy (non-hydrogen) atoms. The minimum Gasteiger partial charge on any atom is -0.497 e. The van der Waals surface area contributed by atoms with Gasteiger partial charge in [-0.05, 0) is 68.1 Å². The lowest BCUT2D eigenvalue weighted by Gasteiger charge is -2.23. The van der Waals surface area contributed by atoms with Crippen LogP contribution in [-0.2, 0) is 14.8 Å². The Labute approximate surface area is 173 Å². The van der Waals surface area contributed by atoms with E-state index in [0.29, 0.717) is 12.1 Å². The summed E-state index contributed by atoms with van der Waals surface area (Å²) in [6.45, 7) is 6.04. The van der Waals surface area contributed by atoms with Gasteiger partial charge < -0.3 is 10.1 Å². The molecule has 158 valence electrons. The highest BCUT2D eigenvalue weighted by Crippen LogP contribution is 2.22. The summed E-state index contributed by atoms with van der Waals surface area (Å²) in [6, 6.07) is 13.1. The number of hydrogen-bond donors (Lipinski definition) is 1. The maximum atomic E-state index is 12.3. The summed E-state index contributed by atoms with van der Waals surface area (Å²) in [5.41, 5.74) is 3.61. The Kier molecular flexibility index (Phi) is 7.67. The number of methoxy groups -OCH3 is 1. The van der Waals surface area contributed by atoms with E-state index in [4.69, 9.17) is 4.74 Å². The number of nitrogens with zero attached hydrogens (tertiary/aromatic N) is 1. The number of carbonyl (C=O) groups is 1. The zero-order valence-electron chi connectivity index (χ0n) is 17.7. The summed E-state index contributed by atoms with van der Waals surface area (Å²) in [5.74, 6) is 0.654. The van der Waals surface area contributed by atoms with Crippen LogP contribution in [0.5, 0.6) is 5.75 Å². The quantitative estimate of drug-likeness (QED) is 0.673. The highest BCUT2D eigenvalue weighted by molar-refractivity contribution is 7.92. The summed E-state index contributed by atoms with van der Waals surface area (Å²) >= 11 is 0. The fourth-order valence-electron chi connectivity index (χ4n) is 3.25. The van der Waals surface area contributed by atoms with Gasteiger partial charge in [-0.3, -0.25) is 9.10 Å². The van der Waals surface area contributed by atoms with Crippen molar-refractivity contribution in [2.24, 2.45) is 0 Å². The van der Waals surface area contributed by atoms with Crippen LogP contribution < -0.4 is 14.4 Å². The third-order valence-corrected chi connectivity index (χ3v) is 5.85. The standard InChI is InChI=1S/C22H30N2O4S/c1-16-13-17(2)15-20(14-16)24(29(5,26)27)12-6-7-22(25)23-18(3)19-8-10-21(28-4)11-9-19/h8-11,13-15,18H,6-7,12H2,1-5H3,(H,23,25). The molecule has 2 rings (SSSR count). The number of amides is 1. The molecule has 0 radical (unpaired) electrons. The Bertz CT molecular complexity index is 920. The molecule has 0 aromatic heterocycles. The van der Waals surface area contributed by atoms with Crippen molar-refractivity contribution in [1.82, 2.24) is 5.32 Å². The maximum Gasteiger partial charge on any atom is 0.232 e. The normalized spacial score (nSPS) is 12.3. The number of hydrogen-bond acceptors (Lipinski definition) is 4. The van der Waals surface area contributed by atoms with Crippen LogP contribution in [0.3, 0.4) is 0 Å². The second-order valence-corrected chi connectivity index (χ2v) is 9.25. The predicted molar refractivity (Wildman–Crippen MR) is 117 cm³/mol. The van der Waals surface area contributed by atoms with Crippen LogP contribution in [-0.4, -0.2) is 34.2 Å². The molecule has 2 aromatic carbocycles. The first kappa shape index (κ1) is 22.7. The molecule has 1 unspecified atom stereocenters. The monoisotopic (exact) mass is 418 g/mol. The first-order chi connectivity index (χ1) is 13.6. The van der Waals surface area contributed by atoms with Gasteiger partial charge >= 0.3 is 0 Å². The topological polar surface area (TPSA) is 75.7 Å². The first-order valence-electron chi connectivity index (χ1n) is 9.59. The number of anilines is 1. The van der Waals surface area contributed by atoms with E-state index >= 15 is 0 Å². The van der Waals surface area contributed by atoms with E-state index in [9.17, 15) is 13.2 Å². The molecule has 0 fully saturated rings. The van der Waals surface area contributed by atoms with Gasteiger partial charge in [0.1, 0.15) is 5.75 Å². The van der Waals surface area contributed by atoms with Crippen molar-refractivity contribution >= 4 is 21.6 Å². The largest absolute Gasteiger partial charge is 0.497 e. The van der Waals surface area contributed by atoms with Crippen molar-refractivity contribution < 1.29 is 17.9 Å². The highest BCUT2D eigenvalue weighted by Gasteiger charge is 2.18. The van der Waals surface area contributed by atoms with Crippen molar-refractivity contribution in [3.8, 4) is 5.75 Å². The zero-order valence-corrected chi connectivity index (χ0v) is 18.5. The van der Waals surface area contributed by atoms with Gasteiger partial charge in [-0.2, -0.15) is 0 Å². The summed E-state index contributed by atoms with van der Waals surface area (Å²) < 4.78 is 31.0. The van der Waals surface area contributed by atoms with Gasteiger partial charge in [0, 0.05) is 13.0 Å². The number of sulfonamides is 1. The summed E-state index contributed by atoms with van der Waals surface area (Å²) in [6.07, 6.45) is 1.87. The number of carbonyl (C=O) groups excluding carboxylic acids is 1. The zero-order chi connectivity index (χ0) is 21.6. The Morgan fingerprint density at radius 1 is 1.10 bits per heavy atom. The molecule has 0 bridgehead atoms. The second kappa shape index (κ2) is 9.78. The first-order valence-corrected chi connectivity index (χ1v) is 11.4. The van der Waals surface area contributed by atoms with Gasteiger partial charge in [0.25, 0.3) is 0 Å². The van der Waals surface area contributed by atoms with Crippen molar-refractivity contribution in [2.75, 3.05) is 24.2 Å². The van der Waals surface area contributed by atoms with Gasteiger partial charge in [-0.1, -0.05) is 18.2 Å². The van der Waals surface area contributed by atoms with Crippen LogP contribution in [0.25, 0.3) is 0 Å². The second-order valence-electron chi connectivity index (χ2n) is 7.35. The van der Waals surface area contributed by atoms with Crippen molar-refractivity contribution in [1.29, 1.82) is 0 Å². The number of rotatable bonds is 9. The average Bonchev–Trinajstić information content (AvgIpc) is 2.63. The minimum absolute atomic E-state index is 0.109. The number of nitrogens with one attached hydrogen (secondary N) is 1. The van der Waals surface area contributed by atoms with E-state index in [1.807, 2.05) is 63.2 Å². The van der Waals surface area contributed by atoms with Crippen LogP contribution in [0, 0.1) is 13.8 Å². The average molecular weight is 419 g/mol. The molecule has 7 heteroatoms. The molecule has 0 aliphatic carbocycles. The summed E-state index contributed by atoms with van der Waals surface area (Å²) in [5, 5.41) is 2.96. The Morgan fingerprint density at radius 2 is 1.69 bits per heavy atom. The maximum absolute atomic E-state index is 12.3. The molecule has 0 spiro atoms. The lowest BCUT2D eigenvalue weighted by Crippen LogP contribution is -2.32. The molecular weight excluding hydrogens is 388 g/mol. The van der Waals surface area contributed by atoms with E-state index in [-0.39, 0.29) is 24.9 Å². The van der Waals surface area contributed by atoms with Gasteiger partial charge in [0.05, 0.1) is 25.1 Å². The molecule has 1 atom stereocenters. The van der Waals surface area contributed by atoms with Crippen LogP contribution in [0.2, 0.25) is 0 Å². The van der Waals surface area contributed by atoms with Crippen molar-refractivity contribution in [3.05, 3.63) is 59.2 Å². The summed E-state index contributed by atoms with van der Waals surface area (Å²) in [4.78, 5) is 12.3. The van der Waals surface area contributed by atoms with E-state index in [2.05, 4.69) is 5.32 Å². The molecule has 0 aliphatic heterocycles. The van der Waals surface area contributed by atoms with Crippen LogP contribution in [0.15, 0.2) is 42.5 Å². The SMILES string of the molecule is COc1ccc(C(C)NC(=O)CCCN(c2cc(C)cc(C)c2)S(C)(=O)=O)cc1. The fourth-order valence-corrected chi connectivity index (χ4v) is 4.20. The molecular formula is C22H30N2O4S. The van der Waals surface area contributed by atoms with E-state index < -0.39 is 10.0 Å². The molecule has 0 saturated heterocycles. The fraction of sp³-hybridized carbons (Fsp3) is 0.409. The number of ether oxygens (including phenoxy) is 1. The smallest absolute Gasteiger partial charge is 0.232 e. The number of benzene rings is 2. The predicted octanol–water partition coefficient (Wildman–Crippen LogP) is 3.74. The van der Waals surface area contributed by atoms with Gasteiger partial charge in [0.15, 0.2) is 0 Å². The molecule has 1 amide bonds. The van der Waals surface area contributed by atoms with E-state index in [1.54, 1.807) is 7.11 Å².